The lowest BCUT2D eigenvalue weighted by molar-refractivity contribution is -0.123. The van der Waals surface area contributed by atoms with E-state index < -0.39 is 18.0 Å². The summed E-state index contributed by atoms with van der Waals surface area (Å²) in [6.07, 6.45) is 0.968. The molecule has 6 heteroatoms. The zero-order valence-corrected chi connectivity index (χ0v) is 17.2. The quantitative estimate of drug-likeness (QED) is 0.624. The van der Waals surface area contributed by atoms with Crippen molar-refractivity contribution >= 4 is 28.3 Å². The highest BCUT2D eigenvalue weighted by molar-refractivity contribution is 6.08. The van der Waals surface area contributed by atoms with E-state index in [1.807, 2.05) is 18.2 Å². The summed E-state index contributed by atoms with van der Waals surface area (Å²) in [4.78, 5) is 25.5. The van der Waals surface area contributed by atoms with Gasteiger partial charge in [-0.25, -0.2) is 4.79 Å². The molecule has 0 fully saturated rings. The predicted molar refractivity (Wildman–Crippen MR) is 114 cm³/mol. The van der Waals surface area contributed by atoms with Crippen LogP contribution < -0.4 is 14.8 Å². The molecular weight excluding hydrogens is 382 g/mol. The second kappa shape index (κ2) is 8.06. The van der Waals surface area contributed by atoms with Crippen LogP contribution in [-0.2, 0) is 22.4 Å². The van der Waals surface area contributed by atoms with Crippen LogP contribution in [0.5, 0.6) is 11.5 Å². The van der Waals surface area contributed by atoms with Crippen LogP contribution in [0.3, 0.4) is 0 Å². The van der Waals surface area contributed by atoms with Crippen LogP contribution >= 0.6 is 0 Å². The molecule has 1 aliphatic carbocycles. The molecule has 0 bridgehead atoms. The molecule has 154 valence electrons. The van der Waals surface area contributed by atoms with Crippen LogP contribution in [0.1, 0.15) is 28.4 Å². The molecule has 1 atom stereocenters. The number of esters is 1. The van der Waals surface area contributed by atoms with Crippen molar-refractivity contribution in [1.29, 1.82) is 0 Å². The van der Waals surface area contributed by atoms with Gasteiger partial charge in [-0.1, -0.05) is 24.3 Å². The van der Waals surface area contributed by atoms with E-state index in [0.717, 1.165) is 23.6 Å². The van der Waals surface area contributed by atoms with Crippen LogP contribution in [0, 0.1) is 0 Å². The first kappa shape index (κ1) is 19.8. The number of ether oxygens (including phenoxy) is 3. The summed E-state index contributed by atoms with van der Waals surface area (Å²) in [5, 5.41) is 4.74. The molecule has 30 heavy (non-hydrogen) atoms. The molecule has 0 unspecified atom stereocenters. The second-order valence-corrected chi connectivity index (χ2v) is 7.21. The number of carbonyl (C=O) groups is 2. The lowest BCUT2D eigenvalue weighted by atomic mass is 10.00. The van der Waals surface area contributed by atoms with E-state index >= 15 is 0 Å². The SMILES string of the molecule is COc1ccc(OC)c(NC(=O)[C@@H](C)OC(=O)c2ccc3c4c(cccc24)CC3)c1. The number of aryl methyl sites for hydroxylation is 2. The van der Waals surface area contributed by atoms with Crippen molar-refractivity contribution in [3.05, 3.63) is 65.2 Å². The monoisotopic (exact) mass is 405 g/mol. The number of hydrogen-bond acceptors (Lipinski definition) is 5. The van der Waals surface area contributed by atoms with E-state index in [1.165, 1.54) is 25.3 Å². The lowest BCUT2D eigenvalue weighted by Gasteiger charge is -2.16. The van der Waals surface area contributed by atoms with Crippen molar-refractivity contribution < 1.29 is 23.8 Å². The smallest absolute Gasteiger partial charge is 0.339 e. The van der Waals surface area contributed by atoms with Gasteiger partial charge in [0.1, 0.15) is 11.5 Å². The summed E-state index contributed by atoms with van der Waals surface area (Å²) in [6, 6.07) is 14.8. The van der Waals surface area contributed by atoms with Crippen LogP contribution in [-0.4, -0.2) is 32.2 Å². The number of amides is 1. The molecule has 0 saturated heterocycles. The van der Waals surface area contributed by atoms with Gasteiger partial charge in [0.15, 0.2) is 6.10 Å². The molecule has 6 nitrogen and oxygen atoms in total. The van der Waals surface area contributed by atoms with Crippen molar-refractivity contribution in [3.8, 4) is 11.5 Å². The number of benzene rings is 3. The van der Waals surface area contributed by atoms with Gasteiger partial charge in [0.2, 0.25) is 0 Å². The summed E-state index contributed by atoms with van der Waals surface area (Å²) in [5.74, 6) is 0.0745. The molecule has 0 spiro atoms. The standard InChI is InChI=1S/C24H23NO5/c1-14(23(26)25-20-13-17(28-2)10-12-21(20)29-3)30-24(27)19-11-9-16-8-7-15-5-4-6-18(19)22(15)16/h4-6,9-14H,7-8H2,1-3H3,(H,25,26)/t14-/m1/s1. The Labute approximate surface area is 174 Å². The minimum Gasteiger partial charge on any atom is -0.497 e. The molecule has 1 aliphatic rings. The maximum atomic E-state index is 12.8. The zero-order valence-electron chi connectivity index (χ0n) is 17.2. The summed E-state index contributed by atoms with van der Waals surface area (Å²) in [7, 11) is 3.05. The van der Waals surface area contributed by atoms with Gasteiger partial charge in [-0.15, -0.1) is 0 Å². The largest absolute Gasteiger partial charge is 0.497 e. The zero-order chi connectivity index (χ0) is 21.3. The maximum Gasteiger partial charge on any atom is 0.339 e. The molecule has 4 rings (SSSR count). The number of carbonyl (C=O) groups excluding carboxylic acids is 2. The van der Waals surface area contributed by atoms with Crippen molar-refractivity contribution in [3.63, 3.8) is 0 Å². The van der Waals surface area contributed by atoms with Gasteiger partial charge in [-0.05, 0) is 59.9 Å². The topological polar surface area (TPSA) is 73.9 Å². The normalized spacial score (nSPS) is 13.0. The number of hydrogen-bond donors (Lipinski definition) is 1. The van der Waals surface area contributed by atoms with Crippen molar-refractivity contribution in [2.24, 2.45) is 0 Å². The highest BCUT2D eigenvalue weighted by Crippen LogP contribution is 2.33. The minimum atomic E-state index is -0.989. The molecule has 1 amide bonds. The first-order valence-electron chi connectivity index (χ1n) is 9.79. The second-order valence-electron chi connectivity index (χ2n) is 7.21. The molecule has 0 aromatic heterocycles. The van der Waals surface area contributed by atoms with E-state index in [9.17, 15) is 9.59 Å². The van der Waals surface area contributed by atoms with Crippen molar-refractivity contribution in [2.45, 2.75) is 25.9 Å². The molecule has 0 aliphatic heterocycles. The molecule has 0 radical (unpaired) electrons. The lowest BCUT2D eigenvalue weighted by Crippen LogP contribution is -2.30. The highest BCUT2D eigenvalue weighted by atomic mass is 16.5. The molecule has 0 heterocycles. The highest BCUT2D eigenvalue weighted by Gasteiger charge is 2.24. The number of nitrogens with one attached hydrogen (secondary N) is 1. The average Bonchev–Trinajstić information content (AvgIpc) is 3.18. The third-order valence-electron chi connectivity index (χ3n) is 5.41. The predicted octanol–water partition coefficient (Wildman–Crippen LogP) is 4.14. The summed E-state index contributed by atoms with van der Waals surface area (Å²) < 4.78 is 16.0. The van der Waals surface area contributed by atoms with E-state index in [4.69, 9.17) is 14.2 Å². The van der Waals surface area contributed by atoms with Gasteiger partial charge in [-0.2, -0.15) is 0 Å². The molecular formula is C24H23NO5. The Morgan fingerprint density at radius 1 is 0.967 bits per heavy atom. The first-order valence-corrected chi connectivity index (χ1v) is 9.79. The van der Waals surface area contributed by atoms with E-state index in [2.05, 4.69) is 11.4 Å². The molecule has 1 N–H and O–H groups in total. The van der Waals surface area contributed by atoms with Crippen molar-refractivity contribution in [1.82, 2.24) is 0 Å². The fraction of sp³-hybridized carbons (Fsp3) is 0.250. The van der Waals surface area contributed by atoms with Gasteiger partial charge in [0, 0.05) is 6.07 Å². The molecule has 0 saturated carbocycles. The van der Waals surface area contributed by atoms with E-state index in [0.29, 0.717) is 22.7 Å². The van der Waals surface area contributed by atoms with E-state index in [-0.39, 0.29) is 0 Å². The Balaban J connectivity index is 1.52. The minimum absolute atomic E-state index is 0.440. The fourth-order valence-electron chi connectivity index (χ4n) is 3.85. The summed E-state index contributed by atoms with van der Waals surface area (Å²) in [5.41, 5.74) is 3.40. The molecule has 3 aromatic carbocycles. The number of anilines is 1. The Hall–Kier alpha value is -3.54. The van der Waals surface area contributed by atoms with Crippen LogP contribution in [0.25, 0.3) is 10.8 Å². The van der Waals surface area contributed by atoms with Gasteiger partial charge in [0.25, 0.3) is 5.91 Å². The average molecular weight is 405 g/mol. The summed E-state index contributed by atoms with van der Waals surface area (Å²) >= 11 is 0. The third-order valence-corrected chi connectivity index (χ3v) is 5.41. The van der Waals surface area contributed by atoms with Gasteiger partial charge < -0.3 is 19.5 Å². The Morgan fingerprint density at radius 3 is 2.47 bits per heavy atom. The van der Waals surface area contributed by atoms with Crippen LogP contribution in [0.15, 0.2) is 48.5 Å². The number of rotatable bonds is 6. The van der Waals surface area contributed by atoms with Crippen LogP contribution in [0.4, 0.5) is 5.69 Å². The number of methoxy groups -OCH3 is 2. The van der Waals surface area contributed by atoms with E-state index in [1.54, 1.807) is 31.2 Å². The summed E-state index contributed by atoms with van der Waals surface area (Å²) in [6.45, 7) is 1.54. The van der Waals surface area contributed by atoms with Gasteiger partial charge in [-0.3, -0.25) is 4.79 Å². The Bertz CT molecular complexity index is 1130. The molecule has 3 aromatic rings. The van der Waals surface area contributed by atoms with Gasteiger partial charge >= 0.3 is 5.97 Å². The Kier molecular flexibility index (Phi) is 5.31. The van der Waals surface area contributed by atoms with Gasteiger partial charge in [0.05, 0.1) is 25.5 Å². The Morgan fingerprint density at radius 2 is 1.73 bits per heavy atom. The fourth-order valence-corrected chi connectivity index (χ4v) is 3.85. The third kappa shape index (κ3) is 3.56. The first-order chi connectivity index (χ1) is 14.5. The maximum absolute atomic E-state index is 12.8. The van der Waals surface area contributed by atoms with Crippen LogP contribution in [0.2, 0.25) is 0 Å². The van der Waals surface area contributed by atoms with Crippen molar-refractivity contribution in [2.75, 3.05) is 19.5 Å².